The molecule has 0 heterocycles. The molecule has 2 aromatic carbocycles. The lowest BCUT2D eigenvalue weighted by Gasteiger charge is -2.02. The van der Waals surface area contributed by atoms with Crippen LogP contribution in [-0.2, 0) is 0 Å². The van der Waals surface area contributed by atoms with Crippen LogP contribution in [0, 0.1) is 11.8 Å². The first-order valence-electron chi connectivity index (χ1n) is 5.76. The minimum Gasteiger partial charge on any atom is -0.481 e. The fourth-order valence-corrected chi connectivity index (χ4v) is 1.50. The second-order valence-electron chi connectivity index (χ2n) is 3.79. The van der Waals surface area contributed by atoms with E-state index in [2.05, 4.69) is 11.8 Å². The summed E-state index contributed by atoms with van der Waals surface area (Å²) in [6, 6.07) is 15.9. The van der Waals surface area contributed by atoms with Gasteiger partial charge in [0.15, 0.2) is 0 Å². The number of benzene rings is 2. The molecule has 0 atom stereocenters. The smallest absolute Gasteiger partial charge is 0.335 e. The molecule has 0 aromatic heterocycles. The van der Waals surface area contributed by atoms with E-state index in [1.54, 1.807) is 12.1 Å². The van der Waals surface area contributed by atoms with Gasteiger partial charge in [0.25, 0.3) is 0 Å². The van der Waals surface area contributed by atoms with Crippen molar-refractivity contribution in [2.75, 3.05) is 6.61 Å². The van der Waals surface area contributed by atoms with Crippen LogP contribution in [0.1, 0.15) is 15.9 Å². The van der Waals surface area contributed by atoms with Crippen molar-refractivity contribution >= 4 is 5.97 Å². The summed E-state index contributed by atoms with van der Waals surface area (Å²) in [4.78, 5) is 10.8. The van der Waals surface area contributed by atoms with Gasteiger partial charge < -0.3 is 9.84 Å². The first-order valence-corrected chi connectivity index (χ1v) is 5.76. The highest BCUT2D eigenvalue weighted by molar-refractivity contribution is 5.87. The molecule has 1 N–H and O–H groups in total. The predicted molar refractivity (Wildman–Crippen MR) is 72.2 cm³/mol. The monoisotopic (exact) mass is 252 g/mol. The SMILES string of the molecule is O=C(O)c1cccc(OCC#Cc2ccccc2)c1. The molecule has 3 nitrogen and oxygen atoms in total. The van der Waals surface area contributed by atoms with E-state index in [4.69, 9.17) is 9.84 Å². The summed E-state index contributed by atoms with van der Waals surface area (Å²) in [5.74, 6) is 5.37. The topological polar surface area (TPSA) is 46.5 Å². The van der Waals surface area contributed by atoms with Crippen molar-refractivity contribution in [3.63, 3.8) is 0 Å². The first kappa shape index (κ1) is 12.7. The van der Waals surface area contributed by atoms with Gasteiger partial charge in [-0.2, -0.15) is 0 Å². The molecule has 0 fully saturated rings. The number of rotatable bonds is 3. The zero-order valence-corrected chi connectivity index (χ0v) is 10.2. The summed E-state index contributed by atoms with van der Waals surface area (Å²) in [5, 5.41) is 8.85. The van der Waals surface area contributed by atoms with Crippen LogP contribution < -0.4 is 4.74 Å². The predicted octanol–water partition coefficient (Wildman–Crippen LogP) is 2.82. The van der Waals surface area contributed by atoms with Crippen molar-refractivity contribution < 1.29 is 14.6 Å². The van der Waals surface area contributed by atoms with Crippen LogP contribution in [0.4, 0.5) is 0 Å². The highest BCUT2D eigenvalue weighted by Crippen LogP contribution is 2.12. The average molecular weight is 252 g/mol. The van der Waals surface area contributed by atoms with Gasteiger partial charge in [-0.25, -0.2) is 4.79 Å². The number of carboxylic acid groups (broad SMARTS) is 1. The van der Waals surface area contributed by atoms with E-state index in [0.29, 0.717) is 5.75 Å². The lowest BCUT2D eigenvalue weighted by molar-refractivity contribution is 0.0696. The Morgan fingerprint density at radius 1 is 1.11 bits per heavy atom. The number of ether oxygens (including phenoxy) is 1. The van der Waals surface area contributed by atoms with Crippen molar-refractivity contribution in [3.05, 3.63) is 65.7 Å². The molecular formula is C16H12O3. The zero-order chi connectivity index (χ0) is 13.5. The van der Waals surface area contributed by atoms with E-state index < -0.39 is 5.97 Å². The van der Waals surface area contributed by atoms with Crippen molar-refractivity contribution in [3.8, 4) is 17.6 Å². The lowest BCUT2D eigenvalue weighted by atomic mass is 10.2. The van der Waals surface area contributed by atoms with Gasteiger partial charge in [-0.05, 0) is 30.3 Å². The molecule has 0 bridgehead atoms. The van der Waals surface area contributed by atoms with Gasteiger partial charge in [0.05, 0.1) is 5.56 Å². The molecule has 0 aliphatic rings. The number of hydrogen-bond donors (Lipinski definition) is 1. The maximum Gasteiger partial charge on any atom is 0.335 e. The van der Waals surface area contributed by atoms with Crippen LogP contribution in [0.3, 0.4) is 0 Å². The second-order valence-corrected chi connectivity index (χ2v) is 3.79. The fraction of sp³-hybridized carbons (Fsp3) is 0.0625. The van der Waals surface area contributed by atoms with Crippen LogP contribution in [0.5, 0.6) is 5.75 Å². The van der Waals surface area contributed by atoms with E-state index in [1.165, 1.54) is 12.1 Å². The largest absolute Gasteiger partial charge is 0.481 e. The van der Waals surface area contributed by atoms with Crippen molar-refractivity contribution in [2.24, 2.45) is 0 Å². The van der Waals surface area contributed by atoms with Crippen molar-refractivity contribution in [2.45, 2.75) is 0 Å². The van der Waals surface area contributed by atoms with Gasteiger partial charge in [0.2, 0.25) is 0 Å². The Morgan fingerprint density at radius 2 is 1.89 bits per heavy atom. The van der Waals surface area contributed by atoms with Crippen molar-refractivity contribution in [1.29, 1.82) is 0 Å². The molecule has 0 aliphatic carbocycles. The minimum absolute atomic E-state index is 0.202. The second kappa shape index (κ2) is 6.27. The quantitative estimate of drug-likeness (QED) is 0.854. The molecular weight excluding hydrogens is 240 g/mol. The van der Waals surface area contributed by atoms with Gasteiger partial charge in [-0.3, -0.25) is 0 Å². The Balaban J connectivity index is 1.95. The summed E-state index contributed by atoms with van der Waals surface area (Å²) < 4.78 is 5.38. The molecule has 0 aliphatic heterocycles. The third-order valence-electron chi connectivity index (χ3n) is 2.40. The maximum atomic E-state index is 10.8. The molecule has 3 heteroatoms. The van der Waals surface area contributed by atoms with Crippen LogP contribution in [0.25, 0.3) is 0 Å². The summed E-state index contributed by atoms with van der Waals surface area (Å²) >= 11 is 0. The number of aromatic carboxylic acids is 1. The van der Waals surface area contributed by atoms with Crippen LogP contribution in [-0.4, -0.2) is 17.7 Å². The fourth-order valence-electron chi connectivity index (χ4n) is 1.50. The van der Waals surface area contributed by atoms with E-state index in [9.17, 15) is 4.79 Å². The Labute approximate surface area is 111 Å². The third-order valence-corrected chi connectivity index (χ3v) is 2.40. The summed E-state index contributed by atoms with van der Waals surface area (Å²) in [7, 11) is 0. The standard InChI is InChI=1S/C16H12O3/c17-16(18)14-9-4-10-15(12-14)19-11-5-8-13-6-2-1-3-7-13/h1-4,6-7,9-10,12H,11H2,(H,17,18). The van der Waals surface area contributed by atoms with Crippen molar-refractivity contribution in [1.82, 2.24) is 0 Å². The Kier molecular flexibility index (Phi) is 4.20. The zero-order valence-electron chi connectivity index (χ0n) is 10.2. The average Bonchev–Trinajstić information content (AvgIpc) is 2.45. The van der Waals surface area contributed by atoms with Crippen LogP contribution in [0.2, 0.25) is 0 Å². The van der Waals surface area contributed by atoms with E-state index in [1.807, 2.05) is 30.3 Å². The molecule has 19 heavy (non-hydrogen) atoms. The van der Waals surface area contributed by atoms with Crippen LogP contribution in [0.15, 0.2) is 54.6 Å². The summed E-state index contributed by atoms with van der Waals surface area (Å²) in [6.45, 7) is 0.220. The first-order chi connectivity index (χ1) is 9.25. The molecule has 2 aromatic rings. The Hall–Kier alpha value is -2.73. The number of hydrogen-bond acceptors (Lipinski definition) is 2. The lowest BCUT2D eigenvalue weighted by Crippen LogP contribution is -1.98. The Bertz CT molecular complexity index is 621. The molecule has 2 rings (SSSR count). The number of carboxylic acids is 1. The van der Waals surface area contributed by atoms with E-state index >= 15 is 0 Å². The molecule has 0 saturated carbocycles. The molecule has 94 valence electrons. The molecule has 0 saturated heterocycles. The van der Waals surface area contributed by atoms with Crippen LogP contribution >= 0.6 is 0 Å². The molecule has 0 spiro atoms. The van der Waals surface area contributed by atoms with Gasteiger partial charge >= 0.3 is 5.97 Å². The third kappa shape index (κ3) is 3.90. The normalized spacial score (nSPS) is 9.26. The minimum atomic E-state index is -0.971. The molecule has 0 radical (unpaired) electrons. The Morgan fingerprint density at radius 3 is 2.63 bits per heavy atom. The van der Waals surface area contributed by atoms with Gasteiger partial charge in [-0.1, -0.05) is 36.1 Å². The maximum absolute atomic E-state index is 10.8. The number of carbonyl (C=O) groups is 1. The van der Waals surface area contributed by atoms with Gasteiger partial charge in [0.1, 0.15) is 12.4 Å². The van der Waals surface area contributed by atoms with Gasteiger partial charge in [0, 0.05) is 5.56 Å². The summed E-state index contributed by atoms with van der Waals surface area (Å²) in [6.07, 6.45) is 0. The van der Waals surface area contributed by atoms with E-state index in [-0.39, 0.29) is 12.2 Å². The molecule has 0 unspecified atom stereocenters. The summed E-state index contributed by atoms with van der Waals surface area (Å²) in [5.41, 5.74) is 1.12. The highest BCUT2D eigenvalue weighted by Gasteiger charge is 2.02. The highest BCUT2D eigenvalue weighted by atomic mass is 16.5. The van der Waals surface area contributed by atoms with Gasteiger partial charge in [-0.15, -0.1) is 0 Å². The van der Waals surface area contributed by atoms with E-state index in [0.717, 1.165) is 5.56 Å². The molecule has 0 amide bonds.